The molecule has 4 aromatic rings. The first-order valence-electron chi connectivity index (χ1n) is 9.82. The number of nitrogens with two attached hydrogens (primary N) is 1. The predicted octanol–water partition coefficient (Wildman–Crippen LogP) is 4.55. The zero-order chi connectivity index (χ0) is 21.4. The van der Waals surface area contributed by atoms with E-state index in [1.165, 1.54) is 21.5 Å². The summed E-state index contributed by atoms with van der Waals surface area (Å²) in [5.41, 5.74) is 7.38. The van der Waals surface area contributed by atoms with Gasteiger partial charge in [0.25, 0.3) is 0 Å². The Labute approximate surface area is 192 Å². The average molecular weight is 471 g/mol. The number of halogens is 1. The highest BCUT2D eigenvalue weighted by Gasteiger charge is 2.22. The van der Waals surface area contributed by atoms with Gasteiger partial charge in [-0.2, -0.15) is 5.10 Å². The summed E-state index contributed by atoms with van der Waals surface area (Å²) < 4.78 is 1.51. The van der Waals surface area contributed by atoms with Gasteiger partial charge in [0.15, 0.2) is 0 Å². The molecule has 31 heavy (non-hydrogen) atoms. The molecule has 1 aliphatic rings. The molecule has 0 radical (unpaired) electrons. The topological polar surface area (TPSA) is 98.7 Å². The molecule has 0 atom stereocenters. The Bertz CT molecular complexity index is 1270. The maximum atomic E-state index is 11.2. The third kappa shape index (κ3) is 4.39. The van der Waals surface area contributed by atoms with Crippen LogP contribution >= 0.6 is 34.7 Å². The number of primary amides is 1. The highest BCUT2D eigenvalue weighted by molar-refractivity contribution is 7.98. The van der Waals surface area contributed by atoms with Gasteiger partial charge < -0.3 is 11.1 Å². The summed E-state index contributed by atoms with van der Waals surface area (Å²) in [5, 5.41) is 9.41. The summed E-state index contributed by atoms with van der Waals surface area (Å²) in [6.07, 6.45) is 6.74. The Morgan fingerprint density at radius 2 is 2.10 bits per heavy atom. The molecule has 0 unspecified atom stereocenters. The van der Waals surface area contributed by atoms with E-state index in [0.717, 1.165) is 50.3 Å². The molecule has 3 N–H and O–H groups in total. The fraction of sp³-hybridized carbons (Fsp3) is 0.238. The van der Waals surface area contributed by atoms with Gasteiger partial charge in [0.1, 0.15) is 23.0 Å². The first-order valence-corrected chi connectivity index (χ1v) is 12.0. The Hall–Kier alpha value is -2.62. The average Bonchev–Trinajstić information content (AvgIpc) is 3.43. The number of anilines is 2. The smallest absolute Gasteiger partial charge is 0.239 e. The Kier molecular flexibility index (Phi) is 5.56. The van der Waals surface area contributed by atoms with Gasteiger partial charge in [0.05, 0.1) is 23.0 Å². The fourth-order valence-corrected chi connectivity index (χ4v) is 5.84. The zero-order valence-electron chi connectivity index (χ0n) is 16.5. The lowest BCUT2D eigenvalue weighted by Gasteiger charge is -2.09. The van der Waals surface area contributed by atoms with Crippen LogP contribution in [0.15, 0.2) is 41.6 Å². The highest BCUT2D eigenvalue weighted by Crippen LogP contribution is 2.40. The summed E-state index contributed by atoms with van der Waals surface area (Å²) in [7, 11) is 0. The molecule has 1 aliphatic carbocycles. The van der Waals surface area contributed by atoms with E-state index in [9.17, 15) is 4.79 Å². The number of benzene rings is 1. The van der Waals surface area contributed by atoms with Crippen molar-refractivity contribution in [2.24, 2.45) is 5.73 Å². The number of aryl methyl sites for hydroxylation is 2. The molecule has 0 bridgehead atoms. The van der Waals surface area contributed by atoms with Crippen molar-refractivity contribution < 1.29 is 4.79 Å². The predicted molar refractivity (Wildman–Crippen MR) is 125 cm³/mol. The van der Waals surface area contributed by atoms with Crippen molar-refractivity contribution in [3.05, 3.63) is 57.9 Å². The second-order valence-electron chi connectivity index (χ2n) is 7.29. The number of hydrogen-bond acceptors (Lipinski definition) is 7. The van der Waals surface area contributed by atoms with Crippen molar-refractivity contribution in [1.82, 2.24) is 19.7 Å². The van der Waals surface area contributed by atoms with E-state index in [1.807, 2.05) is 24.3 Å². The minimum absolute atomic E-state index is 0.0394. The summed E-state index contributed by atoms with van der Waals surface area (Å²) in [5.74, 6) is 1.76. The molecule has 3 aromatic heterocycles. The van der Waals surface area contributed by atoms with Gasteiger partial charge in [-0.25, -0.2) is 9.97 Å². The van der Waals surface area contributed by atoms with Gasteiger partial charge in [-0.3, -0.25) is 9.48 Å². The SMILES string of the molecule is NC(=O)Cn1cc(Nc2nc(CSc3ccc(Cl)cc3)nc3sc4c(c23)CCC4)cn1. The van der Waals surface area contributed by atoms with E-state index in [4.69, 9.17) is 27.3 Å². The number of fused-ring (bicyclic) bond motifs is 3. The van der Waals surface area contributed by atoms with Crippen LogP contribution in [0, 0.1) is 0 Å². The molecule has 0 spiro atoms. The quantitative estimate of drug-likeness (QED) is 0.384. The molecule has 158 valence electrons. The van der Waals surface area contributed by atoms with Crippen LogP contribution in [0.2, 0.25) is 5.02 Å². The van der Waals surface area contributed by atoms with Gasteiger partial charge in [-0.1, -0.05) is 11.6 Å². The molecule has 1 aromatic carbocycles. The van der Waals surface area contributed by atoms with Crippen LogP contribution in [0.25, 0.3) is 10.2 Å². The Balaban J connectivity index is 1.46. The summed E-state index contributed by atoms with van der Waals surface area (Å²) in [6, 6.07) is 7.76. The van der Waals surface area contributed by atoms with Crippen molar-refractivity contribution >= 4 is 62.3 Å². The number of nitrogens with zero attached hydrogens (tertiary/aromatic N) is 4. The van der Waals surface area contributed by atoms with Crippen molar-refractivity contribution in [1.29, 1.82) is 0 Å². The first-order chi connectivity index (χ1) is 15.0. The number of carbonyl (C=O) groups is 1. The Morgan fingerprint density at radius 1 is 1.26 bits per heavy atom. The number of rotatable bonds is 7. The van der Waals surface area contributed by atoms with Crippen LogP contribution in [0.3, 0.4) is 0 Å². The number of amides is 1. The molecular weight excluding hydrogens is 452 g/mol. The molecule has 10 heteroatoms. The van der Waals surface area contributed by atoms with E-state index >= 15 is 0 Å². The van der Waals surface area contributed by atoms with Crippen molar-refractivity contribution in [3.8, 4) is 0 Å². The normalized spacial score (nSPS) is 12.9. The van der Waals surface area contributed by atoms with E-state index in [2.05, 4.69) is 10.4 Å². The Morgan fingerprint density at radius 3 is 2.90 bits per heavy atom. The summed E-state index contributed by atoms with van der Waals surface area (Å²) >= 11 is 9.42. The van der Waals surface area contributed by atoms with Gasteiger partial charge in [-0.15, -0.1) is 23.1 Å². The van der Waals surface area contributed by atoms with Gasteiger partial charge >= 0.3 is 0 Å². The molecule has 7 nitrogen and oxygen atoms in total. The van der Waals surface area contributed by atoms with Crippen LogP contribution < -0.4 is 11.1 Å². The summed E-state index contributed by atoms with van der Waals surface area (Å²) in [6.45, 7) is 0.0394. The molecule has 1 amide bonds. The lowest BCUT2D eigenvalue weighted by Crippen LogP contribution is -2.18. The molecule has 0 aliphatic heterocycles. The monoisotopic (exact) mass is 470 g/mol. The van der Waals surface area contributed by atoms with Crippen LogP contribution in [-0.4, -0.2) is 25.7 Å². The van der Waals surface area contributed by atoms with Crippen LogP contribution in [0.4, 0.5) is 11.5 Å². The number of thiophene rings is 1. The van der Waals surface area contributed by atoms with Crippen molar-refractivity contribution in [3.63, 3.8) is 0 Å². The third-order valence-corrected chi connectivity index (χ3v) is 7.45. The summed E-state index contributed by atoms with van der Waals surface area (Å²) in [4.78, 5) is 24.4. The third-order valence-electron chi connectivity index (χ3n) is 5.01. The number of thioether (sulfide) groups is 1. The number of aromatic nitrogens is 4. The second kappa shape index (κ2) is 8.49. The van der Waals surface area contributed by atoms with Crippen LogP contribution in [-0.2, 0) is 29.9 Å². The molecule has 0 saturated heterocycles. The van der Waals surface area contributed by atoms with E-state index in [-0.39, 0.29) is 6.54 Å². The molecular formula is C21H19ClN6OS2. The lowest BCUT2D eigenvalue weighted by atomic mass is 10.2. The maximum Gasteiger partial charge on any atom is 0.239 e. The van der Waals surface area contributed by atoms with Gasteiger partial charge in [0.2, 0.25) is 5.91 Å². The fourth-order valence-electron chi connectivity index (χ4n) is 3.68. The number of carbonyl (C=O) groups excluding carboxylic acids is 1. The van der Waals surface area contributed by atoms with Gasteiger partial charge in [0, 0.05) is 21.0 Å². The lowest BCUT2D eigenvalue weighted by molar-refractivity contribution is -0.118. The maximum absolute atomic E-state index is 11.2. The standard InChI is InChI=1S/C21H19ClN6OS2/c22-12-4-6-14(7-5-12)30-11-18-26-20(25-13-8-24-28(9-13)10-17(23)29)19-15-2-1-3-16(15)31-21(19)27-18/h4-9H,1-3,10-11H2,(H2,23,29)(H,25,26,27). The van der Waals surface area contributed by atoms with E-state index in [0.29, 0.717) is 5.75 Å². The molecule has 3 heterocycles. The van der Waals surface area contributed by atoms with E-state index in [1.54, 1.807) is 35.5 Å². The number of hydrogen-bond donors (Lipinski definition) is 2. The number of nitrogens with one attached hydrogen (secondary N) is 1. The largest absolute Gasteiger partial charge is 0.368 e. The molecule has 0 saturated carbocycles. The van der Waals surface area contributed by atoms with E-state index < -0.39 is 5.91 Å². The van der Waals surface area contributed by atoms with Crippen molar-refractivity contribution in [2.45, 2.75) is 36.5 Å². The zero-order valence-corrected chi connectivity index (χ0v) is 18.9. The highest BCUT2D eigenvalue weighted by atomic mass is 35.5. The second-order valence-corrected chi connectivity index (χ2v) is 9.86. The van der Waals surface area contributed by atoms with Crippen LogP contribution in [0.1, 0.15) is 22.7 Å². The molecule has 5 rings (SSSR count). The van der Waals surface area contributed by atoms with Crippen molar-refractivity contribution in [2.75, 3.05) is 5.32 Å². The molecule has 0 fully saturated rings. The van der Waals surface area contributed by atoms with Crippen LogP contribution in [0.5, 0.6) is 0 Å². The first kappa shape index (κ1) is 20.3. The minimum atomic E-state index is -0.434. The minimum Gasteiger partial charge on any atom is -0.368 e. The van der Waals surface area contributed by atoms with Gasteiger partial charge in [-0.05, 0) is 49.1 Å².